The van der Waals surface area contributed by atoms with Crippen LogP contribution in [0.2, 0.25) is 0 Å². The quantitative estimate of drug-likeness (QED) is 0.557. The summed E-state index contributed by atoms with van der Waals surface area (Å²) in [5.41, 5.74) is 7.07. The molecule has 0 aromatic heterocycles. The summed E-state index contributed by atoms with van der Waals surface area (Å²) < 4.78 is 5.38. The number of carbonyl (C=O) groups excluding carboxylic acids is 1. The normalized spacial score (nSPS) is 10.8. The van der Waals surface area contributed by atoms with Crippen molar-refractivity contribution in [3.63, 3.8) is 0 Å². The summed E-state index contributed by atoms with van der Waals surface area (Å²) in [5.74, 6) is 0.750. The fraction of sp³-hybridized carbons (Fsp3) is 0.562. The monoisotopic (exact) mass is 278 g/mol. The lowest BCUT2D eigenvalue weighted by Crippen LogP contribution is -2.30. The van der Waals surface area contributed by atoms with E-state index in [0.717, 1.165) is 25.9 Å². The SMILES string of the molecule is CCCCN(CC)CC(=O)c1ccc(OCC)c(N)c1. The standard InChI is InChI=1S/C16H26N2O2/c1-4-7-10-18(5-2)12-15(19)13-8-9-16(20-6-3)14(17)11-13/h8-9,11H,4-7,10,12,17H2,1-3H3. The van der Waals surface area contributed by atoms with Crippen LogP contribution >= 0.6 is 0 Å². The number of carbonyl (C=O) groups is 1. The second kappa shape index (κ2) is 8.59. The predicted molar refractivity (Wildman–Crippen MR) is 83.4 cm³/mol. The molecular weight excluding hydrogens is 252 g/mol. The molecule has 0 saturated carbocycles. The minimum atomic E-state index is 0.109. The Morgan fingerprint density at radius 3 is 2.60 bits per heavy atom. The van der Waals surface area contributed by atoms with Gasteiger partial charge in [-0.15, -0.1) is 0 Å². The van der Waals surface area contributed by atoms with E-state index in [4.69, 9.17) is 10.5 Å². The molecule has 1 aromatic carbocycles. The van der Waals surface area contributed by atoms with E-state index >= 15 is 0 Å². The number of ether oxygens (including phenoxy) is 1. The minimum absolute atomic E-state index is 0.109. The number of hydrogen-bond donors (Lipinski definition) is 1. The second-order valence-electron chi connectivity index (χ2n) is 4.83. The van der Waals surface area contributed by atoms with Gasteiger partial charge in [0.05, 0.1) is 18.8 Å². The highest BCUT2D eigenvalue weighted by molar-refractivity contribution is 5.98. The van der Waals surface area contributed by atoms with Crippen molar-refractivity contribution < 1.29 is 9.53 Å². The van der Waals surface area contributed by atoms with Crippen molar-refractivity contribution in [2.24, 2.45) is 0 Å². The number of benzene rings is 1. The van der Waals surface area contributed by atoms with Crippen LogP contribution in [0.5, 0.6) is 5.75 Å². The molecular formula is C16H26N2O2. The lowest BCUT2D eigenvalue weighted by Gasteiger charge is -2.19. The predicted octanol–water partition coefficient (Wildman–Crippen LogP) is 2.97. The molecule has 0 fully saturated rings. The van der Waals surface area contributed by atoms with Gasteiger partial charge < -0.3 is 10.5 Å². The number of Topliss-reactive ketones (excluding diaryl/α,β-unsaturated/α-hetero) is 1. The Morgan fingerprint density at radius 2 is 2.05 bits per heavy atom. The Morgan fingerprint density at radius 1 is 1.30 bits per heavy atom. The number of hydrogen-bond acceptors (Lipinski definition) is 4. The first-order valence-electron chi connectivity index (χ1n) is 7.40. The molecule has 112 valence electrons. The van der Waals surface area contributed by atoms with Crippen LogP contribution in [0.15, 0.2) is 18.2 Å². The van der Waals surface area contributed by atoms with E-state index in [1.165, 1.54) is 0 Å². The smallest absolute Gasteiger partial charge is 0.176 e. The summed E-state index contributed by atoms with van der Waals surface area (Å²) in [6.45, 7) is 9.01. The van der Waals surface area contributed by atoms with Gasteiger partial charge in [-0.2, -0.15) is 0 Å². The van der Waals surface area contributed by atoms with Crippen LogP contribution in [-0.4, -0.2) is 36.9 Å². The van der Waals surface area contributed by atoms with E-state index in [2.05, 4.69) is 18.7 Å². The lowest BCUT2D eigenvalue weighted by atomic mass is 10.1. The molecule has 0 unspecified atom stereocenters. The first kappa shape index (κ1) is 16.5. The number of nitrogens with two attached hydrogens (primary N) is 1. The average Bonchev–Trinajstić information content (AvgIpc) is 2.45. The Bertz CT molecular complexity index is 432. The van der Waals surface area contributed by atoms with Crippen LogP contribution in [0.4, 0.5) is 5.69 Å². The first-order valence-corrected chi connectivity index (χ1v) is 7.40. The number of rotatable bonds is 9. The second-order valence-corrected chi connectivity index (χ2v) is 4.83. The maximum atomic E-state index is 12.3. The van der Waals surface area contributed by atoms with Gasteiger partial charge in [-0.25, -0.2) is 0 Å². The summed E-state index contributed by atoms with van der Waals surface area (Å²) in [6, 6.07) is 5.27. The lowest BCUT2D eigenvalue weighted by molar-refractivity contribution is 0.0933. The summed E-state index contributed by atoms with van der Waals surface area (Å²) in [4.78, 5) is 14.4. The number of ketones is 1. The average molecular weight is 278 g/mol. The van der Waals surface area contributed by atoms with Gasteiger partial charge in [-0.05, 0) is 44.6 Å². The van der Waals surface area contributed by atoms with Gasteiger partial charge in [-0.3, -0.25) is 9.69 Å². The number of nitrogen functional groups attached to an aromatic ring is 1. The molecule has 1 aromatic rings. The van der Waals surface area contributed by atoms with Crippen molar-refractivity contribution in [2.45, 2.75) is 33.6 Å². The van der Waals surface area contributed by atoms with E-state index in [1.54, 1.807) is 18.2 Å². The topological polar surface area (TPSA) is 55.6 Å². The number of nitrogens with zero attached hydrogens (tertiary/aromatic N) is 1. The highest BCUT2D eigenvalue weighted by Gasteiger charge is 2.12. The zero-order valence-corrected chi connectivity index (χ0v) is 12.8. The molecule has 2 N–H and O–H groups in total. The van der Waals surface area contributed by atoms with Gasteiger partial charge in [0.1, 0.15) is 5.75 Å². The van der Waals surface area contributed by atoms with Gasteiger partial charge in [0.2, 0.25) is 0 Å². The van der Waals surface area contributed by atoms with Crippen molar-refractivity contribution in [2.75, 3.05) is 32.0 Å². The summed E-state index contributed by atoms with van der Waals surface area (Å²) >= 11 is 0. The third-order valence-corrected chi connectivity index (χ3v) is 3.27. The van der Waals surface area contributed by atoms with Crippen molar-refractivity contribution in [3.05, 3.63) is 23.8 Å². The molecule has 0 saturated heterocycles. The van der Waals surface area contributed by atoms with E-state index in [0.29, 0.717) is 30.2 Å². The Balaban J connectivity index is 2.69. The molecule has 0 aliphatic rings. The van der Waals surface area contributed by atoms with E-state index in [1.807, 2.05) is 6.92 Å². The Kier molecular flexibility index (Phi) is 7.09. The van der Waals surface area contributed by atoms with Crippen LogP contribution < -0.4 is 10.5 Å². The Hall–Kier alpha value is -1.55. The molecule has 0 aliphatic carbocycles. The van der Waals surface area contributed by atoms with E-state index in [9.17, 15) is 4.79 Å². The van der Waals surface area contributed by atoms with E-state index in [-0.39, 0.29) is 5.78 Å². The molecule has 20 heavy (non-hydrogen) atoms. The molecule has 4 nitrogen and oxygen atoms in total. The van der Waals surface area contributed by atoms with Crippen molar-refractivity contribution in [3.8, 4) is 5.75 Å². The number of unbranched alkanes of at least 4 members (excludes halogenated alkanes) is 1. The number of anilines is 1. The summed E-state index contributed by atoms with van der Waals surface area (Å²) in [6.07, 6.45) is 2.26. The highest BCUT2D eigenvalue weighted by Crippen LogP contribution is 2.22. The fourth-order valence-electron chi connectivity index (χ4n) is 2.03. The van der Waals surface area contributed by atoms with Crippen molar-refractivity contribution >= 4 is 11.5 Å². The third kappa shape index (κ3) is 4.85. The summed E-state index contributed by atoms with van der Waals surface area (Å²) in [7, 11) is 0. The molecule has 0 aliphatic heterocycles. The third-order valence-electron chi connectivity index (χ3n) is 3.27. The highest BCUT2D eigenvalue weighted by atomic mass is 16.5. The minimum Gasteiger partial charge on any atom is -0.492 e. The summed E-state index contributed by atoms with van der Waals surface area (Å²) in [5, 5.41) is 0. The molecule has 0 bridgehead atoms. The van der Waals surface area contributed by atoms with Crippen LogP contribution in [0.25, 0.3) is 0 Å². The van der Waals surface area contributed by atoms with Gasteiger partial charge in [0.25, 0.3) is 0 Å². The van der Waals surface area contributed by atoms with Gasteiger partial charge in [-0.1, -0.05) is 20.3 Å². The van der Waals surface area contributed by atoms with Crippen LogP contribution in [0, 0.1) is 0 Å². The zero-order chi connectivity index (χ0) is 15.0. The molecule has 1 rings (SSSR count). The van der Waals surface area contributed by atoms with Crippen LogP contribution in [-0.2, 0) is 0 Å². The molecule has 0 spiro atoms. The van der Waals surface area contributed by atoms with Gasteiger partial charge >= 0.3 is 0 Å². The largest absolute Gasteiger partial charge is 0.492 e. The van der Waals surface area contributed by atoms with Crippen molar-refractivity contribution in [1.29, 1.82) is 0 Å². The molecule has 0 heterocycles. The fourth-order valence-corrected chi connectivity index (χ4v) is 2.03. The van der Waals surface area contributed by atoms with Gasteiger partial charge in [0.15, 0.2) is 5.78 Å². The zero-order valence-electron chi connectivity index (χ0n) is 12.8. The maximum Gasteiger partial charge on any atom is 0.176 e. The van der Waals surface area contributed by atoms with Gasteiger partial charge in [0, 0.05) is 5.56 Å². The molecule has 0 amide bonds. The van der Waals surface area contributed by atoms with Crippen molar-refractivity contribution in [1.82, 2.24) is 4.90 Å². The molecule has 0 radical (unpaired) electrons. The van der Waals surface area contributed by atoms with Crippen LogP contribution in [0.1, 0.15) is 44.0 Å². The first-order chi connectivity index (χ1) is 9.62. The molecule has 0 atom stereocenters. The van der Waals surface area contributed by atoms with E-state index < -0.39 is 0 Å². The van der Waals surface area contributed by atoms with Crippen LogP contribution in [0.3, 0.4) is 0 Å². The Labute approximate surface area is 121 Å². The maximum absolute atomic E-state index is 12.3. The number of likely N-dealkylation sites (N-methyl/N-ethyl adjacent to an activating group) is 1. The molecule has 4 heteroatoms.